The SMILES string of the molecule is CC(C)[C@@H](CC(=O)NCC1CC1C(=O)O)NC(=O)OCC1c2ccccc2-c2ccccc21. The molecule has 0 saturated heterocycles. The van der Waals surface area contributed by atoms with Gasteiger partial charge in [-0.25, -0.2) is 4.79 Å². The summed E-state index contributed by atoms with van der Waals surface area (Å²) in [6.07, 6.45) is 0.171. The van der Waals surface area contributed by atoms with Crippen LogP contribution < -0.4 is 10.6 Å². The number of carbonyl (C=O) groups is 3. The van der Waals surface area contributed by atoms with Gasteiger partial charge < -0.3 is 20.5 Å². The van der Waals surface area contributed by atoms with Crippen molar-refractivity contribution in [1.29, 1.82) is 0 Å². The fourth-order valence-electron chi connectivity index (χ4n) is 4.54. The third-order valence-corrected chi connectivity index (χ3v) is 6.66. The molecule has 3 atom stereocenters. The zero-order valence-corrected chi connectivity index (χ0v) is 18.9. The number of fused-ring (bicyclic) bond motifs is 3. The van der Waals surface area contributed by atoms with E-state index in [2.05, 4.69) is 34.9 Å². The molecule has 0 radical (unpaired) electrons. The minimum atomic E-state index is -0.814. The van der Waals surface area contributed by atoms with Crippen molar-refractivity contribution in [2.24, 2.45) is 17.8 Å². The maximum atomic E-state index is 12.6. The summed E-state index contributed by atoms with van der Waals surface area (Å²) >= 11 is 0. The first-order valence-corrected chi connectivity index (χ1v) is 11.5. The van der Waals surface area contributed by atoms with Crippen molar-refractivity contribution in [1.82, 2.24) is 10.6 Å². The molecule has 2 aliphatic rings. The highest BCUT2D eigenvalue weighted by Gasteiger charge is 2.43. The summed E-state index contributed by atoms with van der Waals surface area (Å²) in [7, 11) is 0. The van der Waals surface area contributed by atoms with Gasteiger partial charge in [-0.15, -0.1) is 0 Å². The molecule has 0 bridgehead atoms. The summed E-state index contributed by atoms with van der Waals surface area (Å²) in [5, 5.41) is 14.6. The third kappa shape index (κ3) is 5.18. The molecule has 2 aromatic carbocycles. The standard InChI is InChI=1S/C26H30N2O5/c1-15(2)23(12-24(29)27-13-16-11-21(16)25(30)31)28-26(32)33-14-22-19-9-5-3-7-17(19)18-8-4-6-10-20(18)22/h3-10,15-16,21-23H,11-14H2,1-2H3,(H,27,29)(H,28,32)(H,30,31)/t16?,21?,23-/m1/s1. The molecule has 1 fully saturated rings. The first kappa shape index (κ1) is 22.8. The number of ether oxygens (including phenoxy) is 1. The second-order valence-electron chi connectivity index (χ2n) is 9.27. The lowest BCUT2D eigenvalue weighted by atomic mass is 9.98. The van der Waals surface area contributed by atoms with Crippen molar-refractivity contribution in [2.75, 3.05) is 13.2 Å². The third-order valence-electron chi connectivity index (χ3n) is 6.66. The van der Waals surface area contributed by atoms with Gasteiger partial charge in [0, 0.05) is 24.9 Å². The van der Waals surface area contributed by atoms with Crippen molar-refractivity contribution >= 4 is 18.0 Å². The van der Waals surface area contributed by atoms with Gasteiger partial charge in [0.25, 0.3) is 0 Å². The Morgan fingerprint density at radius 2 is 1.64 bits per heavy atom. The number of benzene rings is 2. The molecule has 0 aromatic heterocycles. The maximum Gasteiger partial charge on any atom is 0.407 e. The molecular formula is C26H30N2O5. The molecule has 0 spiro atoms. The Morgan fingerprint density at radius 3 is 2.18 bits per heavy atom. The Hall–Kier alpha value is -3.35. The number of nitrogens with one attached hydrogen (secondary N) is 2. The zero-order valence-electron chi connectivity index (χ0n) is 18.9. The van der Waals surface area contributed by atoms with E-state index in [4.69, 9.17) is 9.84 Å². The predicted molar refractivity (Wildman–Crippen MR) is 124 cm³/mol. The minimum Gasteiger partial charge on any atom is -0.481 e. The van der Waals surface area contributed by atoms with Crippen molar-refractivity contribution < 1.29 is 24.2 Å². The number of amides is 2. The fraction of sp³-hybridized carbons (Fsp3) is 0.423. The average Bonchev–Trinajstić information content (AvgIpc) is 3.51. The normalized spacial score (nSPS) is 19.4. The van der Waals surface area contributed by atoms with E-state index in [0.29, 0.717) is 13.0 Å². The number of carboxylic acid groups (broad SMARTS) is 1. The van der Waals surface area contributed by atoms with E-state index in [9.17, 15) is 14.4 Å². The molecule has 33 heavy (non-hydrogen) atoms. The number of carbonyl (C=O) groups excluding carboxylic acids is 2. The number of aliphatic carboxylic acids is 1. The van der Waals surface area contributed by atoms with Crippen LogP contribution >= 0.6 is 0 Å². The molecule has 0 heterocycles. The van der Waals surface area contributed by atoms with Gasteiger partial charge in [0.05, 0.1) is 5.92 Å². The number of hydrogen-bond acceptors (Lipinski definition) is 4. The molecule has 2 amide bonds. The molecule has 174 valence electrons. The molecule has 1 saturated carbocycles. The highest BCUT2D eigenvalue weighted by atomic mass is 16.5. The Balaban J connectivity index is 1.30. The monoisotopic (exact) mass is 450 g/mol. The van der Waals surface area contributed by atoms with Crippen LogP contribution in [0.15, 0.2) is 48.5 Å². The quantitative estimate of drug-likeness (QED) is 0.539. The summed E-state index contributed by atoms with van der Waals surface area (Å²) in [5.74, 6) is -1.37. The largest absolute Gasteiger partial charge is 0.481 e. The van der Waals surface area contributed by atoms with Crippen LogP contribution in [0, 0.1) is 17.8 Å². The number of rotatable bonds is 9. The Kier molecular flexibility index (Phi) is 6.67. The lowest BCUT2D eigenvalue weighted by Gasteiger charge is -2.22. The van der Waals surface area contributed by atoms with Crippen LogP contribution in [0.5, 0.6) is 0 Å². The highest BCUT2D eigenvalue weighted by Crippen LogP contribution is 2.44. The number of alkyl carbamates (subject to hydrolysis) is 1. The lowest BCUT2D eigenvalue weighted by Crippen LogP contribution is -2.43. The molecule has 0 aliphatic heterocycles. The van der Waals surface area contributed by atoms with Crippen LogP contribution in [0.2, 0.25) is 0 Å². The van der Waals surface area contributed by atoms with Crippen molar-refractivity contribution in [2.45, 2.75) is 38.6 Å². The van der Waals surface area contributed by atoms with Gasteiger partial charge in [-0.05, 0) is 40.5 Å². The molecule has 2 aromatic rings. The molecular weight excluding hydrogens is 420 g/mol. The molecule has 2 aliphatic carbocycles. The van der Waals surface area contributed by atoms with Crippen LogP contribution in [0.1, 0.15) is 43.7 Å². The van der Waals surface area contributed by atoms with Gasteiger partial charge >= 0.3 is 12.1 Å². The van der Waals surface area contributed by atoms with Crippen LogP contribution in [0.4, 0.5) is 4.79 Å². The highest BCUT2D eigenvalue weighted by molar-refractivity contribution is 5.80. The van der Waals surface area contributed by atoms with E-state index in [0.717, 1.165) is 11.1 Å². The maximum absolute atomic E-state index is 12.6. The summed E-state index contributed by atoms with van der Waals surface area (Å²) in [6.45, 7) is 4.44. The predicted octanol–water partition coefficient (Wildman–Crippen LogP) is 3.78. The fourth-order valence-corrected chi connectivity index (χ4v) is 4.54. The summed E-state index contributed by atoms with van der Waals surface area (Å²) in [5.41, 5.74) is 4.62. The van der Waals surface area contributed by atoms with E-state index in [1.54, 1.807) is 0 Å². The van der Waals surface area contributed by atoms with Crippen LogP contribution in [-0.4, -0.2) is 42.3 Å². The smallest absolute Gasteiger partial charge is 0.407 e. The van der Waals surface area contributed by atoms with Gasteiger partial charge in [0.1, 0.15) is 6.61 Å². The molecule has 3 N–H and O–H groups in total. The number of hydrogen-bond donors (Lipinski definition) is 3. The zero-order chi connectivity index (χ0) is 23.5. The van der Waals surface area contributed by atoms with Gasteiger partial charge in [0.2, 0.25) is 5.91 Å². The molecule has 2 unspecified atom stereocenters. The topological polar surface area (TPSA) is 105 Å². The average molecular weight is 451 g/mol. The van der Waals surface area contributed by atoms with Crippen molar-refractivity contribution in [3.05, 3.63) is 59.7 Å². The summed E-state index contributed by atoms with van der Waals surface area (Å²) in [4.78, 5) is 35.8. The van der Waals surface area contributed by atoms with Gasteiger partial charge in [-0.2, -0.15) is 0 Å². The molecule has 4 rings (SSSR count). The van der Waals surface area contributed by atoms with Crippen LogP contribution in [0.3, 0.4) is 0 Å². The first-order chi connectivity index (χ1) is 15.8. The van der Waals surface area contributed by atoms with Crippen LogP contribution in [0.25, 0.3) is 11.1 Å². The lowest BCUT2D eigenvalue weighted by molar-refractivity contribution is -0.139. The van der Waals surface area contributed by atoms with E-state index >= 15 is 0 Å². The minimum absolute atomic E-state index is 0.000888. The summed E-state index contributed by atoms with van der Waals surface area (Å²) in [6, 6.07) is 15.9. The Bertz CT molecular complexity index is 1000. The second-order valence-corrected chi connectivity index (χ2v) is 9.27. The van der Waals surface area contributed by atoms with Gasteiger partial charge in [0.15, 0.2) is 0 Å². The Morgan fingerprint density at radius 1 is 1.03 bits per heavy atom. The van der Waals surface area contributed by atoms with Gasteiger partial charge in [-0.1, -0.05) is 62.4 Å². The van der Waals surface area contributed by atoms with E-state index in [1.165, 1.54) is 11.1 Å². The van der Waals surface area contributed by atoms with E-state index in [-0.39, 0.29) is 48.6 Å². The Labute approximate surface area is 193 Å². The summed E-state index contributed by atoms with van der Waals surface area (Å²) < 4.78 is 5.60. The van der Waals surface area contributed by atoms with Crippen molar-refractivity contribution in [3.8, 4) is 11.1 Å². The van der Waals surface area contributed by atoms with E-state index < -0.39 is 12.1 Å². The first-order valence-electron chi connectivity index (χ1n) is 11.5. The second kappa shape index (κ2) is 9.65. The van der Waals surface area contributed by atoms with E-state index in [1.807, 2.05) is 38.1 Å². The molecule has 7 nitrogen and oxygen atoms in total. The number of carboxylic acids is 1. The van der Waals surface area contributed by atoms with Crippen LogP contribution in [-0.2, 0) is 14.3 Å². The molecule has 7 heteroatoms. The van der Waals surface area contributed by atoms with Crippen molar-refractivity contribution in [3.63, 3.8) is 0 Å². The van der Waals surface area contributed by atoms with Gasteiger partial charge in [-0.3, -0.25) is 9.59 Å².